The van der Waals surface area contributed by atoms with Crippen molar-refractivity contribution < 1.29 is 19.8 Å². The van der Waals surface area contributed by atoms with Crippen molar-refractivity contribution in [1.82, 2.24) is 0 Å². The Bertz CT molecular complexity index is 3550. The molecule has 0 aliphatic heterocycles. The second kappa shape index (κ2) is 11.3. The van der Waals surface area contributed by atoms with Gasteiger partial charge in [-0.1, -0.05) is 145 Å². The van der Waals surface area contributed by atoms with Crippen molar-refractivity contribution >= 4 is 65.4 Å². The fourth-order valence-electron chi connectivity index (χ4n) is 7.78. The summed E-state index contributed by atoms with van der Waals surface area (Å²) in [4.78, 5) is 0. The predicted octanol–water partition coefficient (Wildman–Crippen LogP) is 14.5. The van der Waals surface area contributed by atoms with E-state index in [-0.39, 0.29) is 51.3 Å². The van der Waals surface area contributed by atoms with Crippen LogP contribution in [0.2, 0.25) is 0 Å². The molecular weight excluding hydrogens is 633 g/mol. The van der Waals surface area contributed by atoms with Gasteiger partial charge in [0, 0.05) is 21.5 Å². The third kappa shape index (κ3) is 4.38. The number of furan rings is 2. The highest BCUT2D eigenvalue weighted by molar-refractivity contribution is 6.27. The average molecular weight is 671 g/mol. The smallest absolute Gasteiger partial charge is 0.136 e. The summed E-state index contributed by atoms with van der Waals surface area (Å²) in [6, 6.07) is 39.8. The Morgan fingerprint density at radius 1 is 0.308 bits per heavy atom. The second-order valence-electron chi connectivity index (χ2n) is 13.0. The predicted molar refractivity (Wildman–Crippen MR) is 218 cm³/mol. The van der Waals surface area contributed by atoms with E-state index in [1.807, 2.05) is 103 Å². The fourth-order valence-corrected chi connectivity index (χ4v) is 7.78. The fraction of sp³-hybridized carbons (Fsp3) is 0. The van der Waals surface area contributed by atoms with Crippen molar-refractivity contribution in [1.29, 1.82) is 0 Å². The summed E-state index contributed by atoms with van der Waals surface area (Å²) in [5.41, 5.74) is 8.18. The molecule has 2 nitrogen and oxygen atoms in total. The first-order chi connectivity index (χ1) is 29.1. The quantitative estimate of drug-likeness (QED) is 0.174. The molecule has 9 aromatic carbocycles. The topological polar surface area (TPSA) is 26.3 Å². The molecule has 0 saturated heterocycles. The van der Waals surface area contributed by atoms with Crippen LogP contribution in [0, 0.1) is 0 Å². The molecule has 11 rings (SSSR count). The minimum Gasteiger partial charge on any atom is -0.456 e. The third-order valence-corrected chi connectivity index (χ3v) is 10.1. The molecule has 0 fully saturated rings. The zero-order valence-electron chi connectivity index (χ0n) is 35.5. The largest absolute Gasteiger partial charge is 0.456 e. The summed E-state index contributed by atoms with van der Waals surface area (Å²) in [6.45, 7) is 0. The molecule has 0 bridgehead atoms. The van der Waals surface area contributed by atoms with Crippen LogP contribution in [-0.4, -0.2) is 0 Å². The lowest BCUT2D eigenvalue weighted by Crippen LogP contribution is -1.91. The van der Waals surface area contributed by atoms with E-state index in [1.165, 1.54) is 0 Å². The maximum absolute atomic E-state index is 9.39. The lowest BCUT2D eigenvalue weighted by molar-refractivity contribution is 0.663. The minimum atomic E-state index is -0.451. The van der Waals surface area contributed by atoms with Gasteiger partial charge >= 0.3 is 0 Å². The molecule has 52 heavy (non-hydrogen) atoms. The SMILES string of the molecule is [2H]c1c([2H])c([2H])c2c(-c3ccc4c(c3)oc3ccc5oc6ccccc6c5c34)c3c([2H])c([2H])c([2H])c([2H])c3c(-c3ccc(-c4cccc(-c5ccccc5)c4)cc3)c2c1[2H]. The Balaban J connectivity index is 1.20. The van der Waals surface area contributed by atoms with Crippen LogP contribution in [0.25, 0.3) is 110 Å². The van der Waals surface area contributed by atoms with Gasteiger partial charge < -0.3 is 8.83 Å². The monoisotopic (exact) mass is 670 g/mol. The standard InChI is InChI=1S/C50H30O2/c1-2-11-31(12-3-1)34-13-10-14-35(29-34)32-21-23-33(24-22-32)47-37-15-4-6-17-39(37)48(40-18-7-5-16-38(40)47)36-25-26-42-46(30-36)52-45-28-27-44-49(50(42)45)41-19-8-9-20-43(41)51-44/h1-30H/i4D,5D,6D,7D,15D,16D,17D,18D. The zero-order valence-corrected chi connectivity index (χ0v) is 27.5. The van der Waals surface area contributed by atoms with Crippen LogP contribution >= 0.6 is 0 Å². The van der Waals surface area contributed by atoms with Gasteiger partial charge in [-0.25, -0.2) is 0 Å². The molecular formula is C50H30O2. The highest BCUT2D eigenvalue weighted by atomic mass is 16.3. The van der Waals surface area contributed by atoms with Gasteiger partial charge in [-0.15, -0.1) is 0 Å². The first kappa shape index (κ1) is 22.0. The molecule has 11 aromatic rings. The number of benzene rings is 9. The van der Waals surface area contributed by atoms with Gasteiger partial charge in [0.05, 0.1) is 11.0 Å². The maximum atomic E-state index is 9.39. The Labute approximate surface area is 311 Å². The van der Waals surface area contributed by atoms with Crippen LogP contribution in [0.5, 0.6) is 0 Å². The van der Waals surface area contributed by atoms with Crippen LogP contribution in [0.1, 0.15) is 11.0 Å². The van der Waals surface area contributed by atoms with Gasteiger partial charge in [-0.2, -0.15) is 0 Å². The Morgan fingerprint density at radius 3 is 1.44 bits per heavy atom. The lowest BCUT2D eigenvalue weighted by Gasteiger charge is -2.18. The second-order valence-corrected chi connectivity index (χ2v) is 13.0. The number of hydrogen-bond acceptors (Lipinski definition) is 2. The molecule has 2 heterocycles. The summed E-state index contributed by atoms with van der Waals surface area (Å²) < 4.78 is 85.5. The van der Waals surface area contributed by atoms with Crippen molar-refractivity contribution in [2.24, 2.45) is 0 Å². The van der Waals surface area contributed by atoms with Crippen LogP contribution in [-0.2, 0) is 0 Å². The van der Waals surface area contributed by atoms with E-state index >= 15 is 0 Å². The van der Waals surface area contributed by atoms with E-state index in [0.717, 1.165) is 49.4 Å². The van der Waals surface area contributed by atoms with Crippen LogP contribution in [0.15, 0.2) is 191 Å². The molecule has 0 unspecified atom stereocenters. The van der Waals surface area contributed by atoms with Gasteiger partial charge in [0.1, 0.15) is 22.3 Å². The van der Waals surface area contributed by atoms with Crippen LogP contribution < -0.4 is 0 Å². The molecule has 0 saturated carbocycles. The Morgan fingerprint density at radius 2 is 0.788 bits per heavy atom. The van der Waals surface area contributed by atoms with E-state index in [0.29, 0.717) is 33.4 Å². The molecule has 0 aliphatic rings. The normalized spacial score (nSPS) is 14.0. The summed E-state index contributed by atoms with van der Waals surface area (Å²) in [5, 5.41) is 4.12. The van der Waals surface area contributed by atoms with Crippen molar-refractivity contribution in [3.63, 3.8) is 0 Å². The number of hydrogen-bond donors (Lipinski definition) is 0. The highest BCUT2D eigenvalue weighted by Crippen LogP contribution is 2.46. The first-order valence-electron chi connectivity index (χ1n) is 21.1. The molecule has 0 atom stereocenters. The van der Waals surface area contributed by atoms with E-state index in [9.17, 15) is 5.48 Å². The molecule has 2 heteroatoms. The Hall–Kier alpha value is -6.90. The maximum Gasteiger partial charge on any atom is 0.136 e. The molecule has 0 amide bonds. The highest BCUT2D eigenvalue weighted by Gasteiger charge is 2.20. The van der Waals surface area contributed by atoms with E-state index in [2.05, 4.69) is 24.3 Å². The third-order valence-electron chi connectivity index (χ3n) is 10.1. The number of rotatable bonds is 4. The van der Waals surface area contributed by atoms with E-state index in [1.54, 1.807) is 6.07 Å². The van der Waals surface area contributed by atoms with Gasteiger partial charge in [-0.05, 0) is 102 Å². The summed E-state index contributed by atoms with van der Waals surface area (Å²) >= 11 is 0. The van der Waals surface area contributed by atoms with Crippen LogP contribution in [0.3, 0.4) is 0 Å². The van der Waals surface area contributed by atoms with Gasteiger partial charge in [0.15, 0.2) is 0 Å². The van der Waals surface area contributed by atoms with Crippen molar-refractivity contribution in [2.75, 3.05) is 0 Å². The van der Waals surface area contributed by atoms with Gasteiger partial charge in [-0.3, -0.25) is 0 Å². The van der Waals surface area contributed by atoms with Gasteiger partial charge in [0.2, 0.25) is 0 Å². The van der Waals surface area contributed by atoms with Crippen molar-refractivity contribution in [2.45, 2.75) is 0 Å². The van der Waals surface area contributed by atoms with Crippen molar-refractivity contribution in [3.05, 3.63) is 182 Å². The average Bonchev–Trinajstić information content (AvgIpc) is 3.86. The van der Waals surface area contributed by atoms with Gasteiger partial charge in [0.25, 0.3) is 0 Å². The molecule has 0 N–H and O–H groups in total. The van der Waals surface area contributed by atoms with E-state index < -0.39 is 24.2 Å². The lowest BCUT2D eigenvalue weighted by atomic mass is 9.85. The van der Waals surface area contributed by atoms with Crippen molar-refractivity contribution in [3.8, 4) is 44.5 Å². The molecule has 242 valence electrons. The summed E-state index contributed by atoms with van der Waals surface area (Å²) in [5.74, 6) is 0. The molecule has 2 aromatic heterocycles. The number of fused-ring (bicyclic) bond motifs is 9. The molecule has 0 aliphatic carbocycles. The summed E-state index contributed by atoms with van der Waals surface area (Å²) in [6.07, 6.45) is 0. The Kier molecular flexibility index (Phi) is 4.79. The molecule has 0 spiro atoms. The van der Waals surface area contributed by atoms with E-state index in [4.69, 9.17) is 14.3 Å². The minimum absolute atomic E-state index is 0.145. The first-order valence-corrected chi connectivity index (χ1v) is 17.1. The number of para-hydroxylation sites is 1. The van der Waals surface area contributed by atoms with Crippen LogP contribution in [0.4, 0.5) is 0 Å². The zero-order chi connectivity index (χ0) is 41.1. The molecule has 0 radical (unpaired) electrons. The summed E-state index contributed by atoms with van der Waals surface area (Å²) in [7, 11) is 0.